The van der Waals surface area contributed by atoms with Crippen molar-refractivity contribution in [2.75, 3.05) is 5.32 Å². The number of carbonyl (C=O) groups excluding carboxylic acids is 1. The monoisotopic (exact) mass is 379 g/mol. The van der Waals surface area contributed by atoms with E-state index in [2.05, 4.69) is 20.4 Å². The molecule has 4 heterocycles. The summed E-state index contributed by atoms with van der Waals surface area (Å²) >= 11 is 1.18. The maximum atomic E-state index is 13.4. The van der Waals surface area contributed by atoms with Gasteiger partial charge in [-0.05, 0) is 18.2 Å². The van der Waals surface area contributed by atoms with Crippen molar-refractivity contribution in [1.82, 2.24) is 19.6 Å². The third-order valence-corrected chi connectivity index (χ3v) is 4.12. The molecule has 0 saturated heterocycles. The lowest BCUT2D eigenvalue weighted by Gasteiger charge is -2.10. The standard InChI is InChI=1S/C15H8F3N5O2S/c16-15(17,18)11-6-9(10-2-1-4-25-10)21-12-8(7-20-23(11)12)13(24)22-14-19-3-5-26-14/h1-7H,(H,19,22,24). The SMILES string of the molecule is O=C(Nc1nccs1)c1cnn2c(C(F)(F)F)cc(-c3ccco3)nc12. The van der Waals surface area contributed by atoms with Gasteiger partial charge in [-0.2, -0.15) is 18.3 Å². The first-order valence-corrected chi connectivity index (χ1v) is 8.02. The minimum Gasteiger partial charge on any atom is -0.463 e. The first kappa shape index (κ1) is 16.3. The van der Waals surface area contributed by atoms with Crippen molar-refractivity contribution >= 4 is 28.0 Å². The Morgan fingerprint density at radius 3 is 2.85 bits per heavy atom. The Bertz CT molecular complexity index is 1070. The van der Waals surface area contributed by atoms with Gasteiger partial charge < -0.3 is 4.42 Å². The van der Waals surface area contributed by atoms with Gasteiger partial charge in [0.05, 0.1) is 12.5 Å². The van der Waals surface area contributed by atoms with E-state index in [-0.39, 0.29) is 22.7 Å². The molecule has 1 N–H and O–H groups in total. The van der Waals surface area contributed by atoms with E-state index in [1.807, 2.05) is 0 Å². The summed E-state index contributed by atoms with van der Waals surface area (Å²) in [5.74, 6) is -0.516. The van der Waals surface area contributed by atoms with Crippen LogP contribution in [0.1, 0.15) is 16.1 Å². The van der Waals surface area contributed by atoms with Gasteiger partial charge in [0.1, 0.15) is 11.3 Å². The number of hydrogen-bond donors (Lipinski definition) is 1. The molecule has 0 bridgehead atoms. The number of nitrogens with zero attached hydrogens (tertiary/aromatic N) is 4. The molecule has 4 aromatic rings. The molecule has 0 saturated carbocycles. The van der Waals surface area contributed by atoms with Gasteiger partial charge in [-0.15, -0.1) is 11.3 Å². The number of aromatic nitrogens is 4. The second-order valence-corrected chi connectivity index (χ2v) is 5.98. The summed E-state index contributed by atoms with van der Waals surface area (Å²) in [5.41, 5.74) is -1.47. The molecule has 132 valence electrons. The Labute approximate surface area is 147 Å². The van der Waals surface area contributed by atoms with Gasteiger partial charge in [-0.1, -0.05) is 0 Å². The summed E-state index contributed by atoms with van der Waals surface area (Å²) in [5, 5.41) is 8.15. The van der Waals surface area contributed by atoms with Gasteiger partial charge in [0.15, 0.2) is 22.2 Å². The third-order valence-electron chi connectivity index (χ3n) is 3.43. The number of nitrogens with one attached hydrogen (secondary N) is 1. The molecule has 11 heteroatoms. The second kappa shape index (κ2) is 5.95. The van der Waals surface area contributed by atoms with Crippen molar-refractivity contribution in [2.45, 2.75) is 6.18 Å². The van der Waals surface area contributed by atoms with Gasteiger partial charge in [0.25, 0.3) is 5.91 Å². The van der Waals surface area contributed by atoms with E-state index in [1.54, 1.807) is 5.38 Å². The van der Waals surface area contributed by atoms with Gasteiger partial charge in [-0.25, -0.2) is 14.5 Å². The van der Waals surface area contributed by atoms with Crippen molar-refractivity contribution in [3.63, 3.8) is 0 Å². The van der Waals surface area contributed by atoms with Gasteiger partial charge in [0, 0.05) is 11.6 Å². The zero-order valence-electron chi connectivity index (χ0n) is 12.7. The fraction of sp³-hybridized carbons (Fsp3) is 0.0667. The highest BCUT2D eigenvalue weighted by Crippen LogP contribution is 2.33. The summed E-state index contributed by atoms with van der Waals surface area (Å²) in [6, 6.07) is 3.83. The number of carbonyl (C=O) groups is 1. The summed E-state index contributed by atoms with van der Waals surface area (Å²) in [4.78, 5) is 20.4. The van der Waals surface area contributed by atoms with Gasteiger partial charge in [-0.3, -0.25) is 10.1 Å². The summed E-state index contributed by atoms with van der Waals surface area (Å²) in [7, 11) is 0. The highest BCUT2D eigenvalue weighted by atomic mass is 32.1. The third kappa shape index (κ3) is 2.81. The highest BCUT2D eigenvalue weighted by molar-refractivity contribution is 7.13. The molecule has 4 aromatic heterocycles. The Morgan fingerprint density at radius 2 is 2.19 bits per heavy atom. The van der Waals surface area contributed by atoms with Crippen LogP contribution in [0.2, 0.25) is 0 Å². The van der Waals surface area contributed by atoms with Crippen LogP contribution in [0.3, 0.4) is 0 Å². The van der Waals surface area contributed by atoms with Crippen LogP contribution < -0.4 is 5.32 Å². The molecular weight excluding hydrogens is 371 g/mol. The smallest absolute Gasteiger partial charge is 0.433 e. The first-order chi connectivity index (χ1) is 12.4. The topological polar surface area (TPSA) is 85.3 Å². The molecule has 0 aliphatic heterocycles. The lowest BCUT2D eigenvalue weighted by molar-refractivity contribution is -0.142. The average molecular weight is 379 g/mol. The molecule has 0 radical (unpaired) electrons. The quantitative estimate of drug-likeness (QED) is 0.586. The average Bonchev–Trinajstić information content (AvgIpc) is 3.33. The Balaban J connectivity index is 1.87. The minimum atomic E-state index is -4.70. The van der Waals surface area contributed by atoms with Gasteiger partial charge in [0.2, 0.25) is 0 Å². The lowest BCUT2D eigenvalue weighted by atomic mass is 10.2. The van der Waals surface area contributed by atoms with Crippen LogP contribution in [-0.2, 0) is 6.18 Å². The predicted molar refractivity (Wildman–Crippen MR) is 85.8 cm³/mol. The van der Waals surface area contributed by atoms with Crippen molar-refractivity contribution in [3.05, 3.63) is 53.5 Å². The molecule has 0 aromatic carbocycles. The number of anilines is 1. The Kier molecular flexibility index (Phi) is 3.72. The van der Waals surface area contributed by atoms with Gasteiger partial charge >= 0.3 is 6.18 Å². The van der Waals surface area contributed by atoms with Crippen LogP contribution in [0.4, 0.5) is 18.3 Å². The van der Waals surface area contributed by atoms with Crippen molar-refractivity contribution < 1.29 is 22.4 Å². The van der Waals surface area contributed by atoms with E-state index in [4.69, 9.17) is 4.42 Å². The number of halogens is 3. The zero-order valence-corrected chi connectivity index (χ0v) is 13.5. The Hall–Kier alpha value is -3.21. The van der Waals surface area contributed by atoms with E-state index >= 15 is 0 Å². The fourth-order valence-electron chi connectivity index (χ4n) is 2.33. The van der Waals surface area contributed by atoms with E-state index in [1.165, 1.54) is 35.9 Å². The highest BCUT2D eigenvalue weighted by Gasteiger charge is 2.36. The predicted octanol–water partition coefficient (Wildman–Crippen LogP) is 3.72. The van der Waals surface area contributed by atoms with E-state index in [0.29, 0.717) is 9.65 Å². The number of amides is 1. The molecule has 0 fully saturated rings. The molecule has 1 amide bonds. The molecule has 0 aliphatic rings. The first-order valence-electron chi connectivity index (χ1n) is 7.14. The van der Waals surface area contributed by atoms with E-state index in [0.717, 1.165) is 12.3 Å². The summed E-state index contributed by atoms with van der Waals surface area (Å²) in [6.07, 6.45) is -0.851. The molecule has 0 unspecified atom stereocenters. The largest absolute Gasteiger partial charge is 0.463 e. The summed E-state index contributed by atoms with van der Waals surface area (Å²) in [6.45, 7) is 0. The molecule has 7 nitrogen and oxygen atoms in total. The molecule has 0 spiro atoms. The molecular formula is C15H8F3N5O2S. The Morgan fingerprint density at radius 1 is 1.35 bits per heavy atom. The lowest BCUT2D eigenvalue weighted by Crippen LogP contribution is -2.15. The maximum Gasteiger partial charge on any atom is 0.433 e. The second-order valence-electron chi connectivity index (χ2n) is 5.09. The zero-order chi connectivity index (χ0) is 18.3. The normalized spacial score (nSPS) is 11.8. The van der Waals surface area contributed by atoms with Crippen LogP contribution in [0, 0.1) is 0 Å². The number of hydrogen-bond acceptors (Lipinski definition) is 6. The van der Waals surface area contributed by atoms with Crippen molar-refractivity contribution in [3.8, 4) is 11.5 Å². The molecule has 4 rings (SSSR count). The molecule has 0 aliphatic carbocycles. The van der Waals surface area contributed by atoms with Crippen LogP contribution in [-0.4, -0.2) is 25.5 Å². The number of alkyl halides is 3. The van der Waals surface area contributed by atoms with Crippen LogP contribution in [0.15, 0.2) is 46.7 Å². The maximum absolute atomic E-state index is 13.4. The van der Waals surface area contributed by atoms with Crippen molar-refractivity contribution in [1.29, 1.82) is 0 Å². The van der Waals surface area contributed by atoms with Crippen molar-refractivity contribution in [2.24, 2.45) is 0 Å². The minimum absolute atomic E-state index is 0.0568. The number of rotatable bonds is 3. The van der Waals surface area contributed by atoms with E-state index < -0.39 is 17.8 Å². The van der Waals surface area contributed by atoms with Crippen LogP contribution in [0.25, 0.3) is 17.1 Å². The number of thiazole rings is 1. The van der Waals surface area contributed by atoms with E-state index in [9.17, 15) is 18.0 Å². The number of furan rings is 1. The summed E-state index contributed by atoms with van der Waals surface area (Å²) < 4.78 is 46.0. The van der Waals surface area contributed by atoms with Crippen LogP contribution in [0.5, 0.6) is 0 Å². The fourth-order valence-corrected chi connectivity index (χ4v) is 2.85. The van der Waals surface area contributed by atoms with Crippen LogP contribution >= 0.6 is 11.3 Å². The molecule has 0 atom stereocenters. The number of fused-ring (bicyclic) bond motifs is 1. The molecule has 26 heavy (non-hydrogen) atoms.